The Hall–Kier alpha value is -2.01. The predicted molar refractivity (Wildman–Crippen MR) is 87.1 cm³/mol. The molecule has 1 aromatic rings. The van der Waals surface area contributed by atoms with Crippen LogP contribution in [0.4, 0.5) is 0 Å². The maximum atomic E-state index is 11.7. The summed E-state index contributed by atoms with van der Waals surface area (Å²) in [6.07, 6.45) is 7.84. The molecule has 3 aliphatic heterocycles. The Morgan fingerprint density at radius 1 is 1.29 bits per heavy atom. The van der Waals surface area contributed by atoms with Crippen LogP contribution in [0.25, 0.3) is 0 Å². The average molecular weight is 327 g/mol. The summed E-state index contributed by atoms with van der Waals surface area (Å²) in [7, 11) is 0. The zero-order chi connectivity index (χ0) is 16.3. The van der Waals surface area contributed by atoms with E-state index in [1.807, 2.05) is 6.07 Å². The van der Waals surface area contributed by atoms with Gasteiger partial charge in [0.1, 0.15) is 6.10 Å². The molecule has 5 nitrogen and oxygen atoms in total. The molecule has 0 aromatic heterocycles. The van der Waals surface area contributed by atoms with E-state index in [0.29, 0.717) is 5.92 Å². The molecule has 1 fully saturated rings. The number of hydrogen-bond donors (Lipinski definition) is 0. The lowest BCUT2D eigenvalue weighted by Crippen LogP contribution is -2.46. The summed E-state index contributed by atoms with van der Waals surface area (Å²) in [6.45, 7) is 3.56. The number of ether oxygens (including phenoxy) is 3. The monoisotopic (exact) mass is 327 g/mol. The molecule has 1 aromatic carbocycles. The fourth-order valence-corrected chi connectivity index (χ4v) is 5.04. The van der Waals surface area contributed by atoms with Gasteiger partial charge in [0.25, 0.3) is 0 Å². The molecule has 5 rings (SSSR count). The SMILES string of the molecule is CC(=O)O[C@H]1CN2CCC[C@@]23CC=C[C@H]3c2cc3c(cc21)OCO3. The van der Waals surface area contributed by atoms with Gasteiger partial charge in [0.05, 0.1) is 0 Å². The standard InChI is InChI=1S/C19H21NO4/c1-12(21)24-18-10-20-7-3-6-19(20)5-2-4-15(19)13-8-16-17(9-14(13)18)23-11-22-16/h2,4,8-9,15,18H,3,5-7,10-11H2,1H3/t15-,18-,19+/m0/s1. The van der Waals surface area contributed by atoms with Gasteiger partial charge in [0.15, 0.2) is 11.5 Å². The molecule has 126 valence electrons. The zero-order valence-corrected chi connectivity index (χ0v) is 13.8. The number of benzene rings is 1. The second-order valence-corrected chi connectivity index (χ2v) is 7.20. The molecule has 5 heteroatoms. The molecular weight excluding hydrogens is 306 g/mol. The Morgan fingerprint density at radius 3 is 2.88 bits per heavy atom. The van der Waals surface area contributed by atoms with Crippen LogP contribution in [0.2, 0.25) is 0 Å². The van der Waals surface area contributed by atoms with Gasteiger partial charge in [-0.3, -0.25) is 9.69 Å². The molecule has 1 spiro atoms. The van der Waals surface area contributed by atoms with Crippen molar-refractivity contribution in [1.29, 1.82) is 0 Å². The van der Waals surface area contributed by atoms with E-state index < -0.39 is 0 Å². The van der Waals surface area contributed by atoms with Crippen molar-refractivity contribution < 1.29 is 19.0 Å². The quantitative estimate of drug-likeness (QED) is 0.586. The third-order valence-corrected chi connectivity index (χ3v) is 6.00. The number of hydrogen-bond acceptors (Lipinski definition) is 5. The van der Waals surface area contributed by atoms with Crippen molar-refractivity contribution >= 4 is 5.97 Å². The van der Waals surface area contributed by atoms with Gasteiger partial charge in [-0.05, 0) is 43.5 Å². The molecule has 0 saturated carbocycles. The van der Waals surface area contributed by atoms with Gasteiger partial charge >= 0.3 is 5.97 Å². The van der Waals surface area contributed by atoms with Gasteiger partial charge in [-0.1, -0.05) is 12.2 Å². The van der Waals surface area contributed by atoms with E-state index in [2.05, 4.69) is 23.1 Å². The smallest absolute Gasteiger partial charge is 0.303 e. The van der Waals surface area contributed by atoms with E-state index in [4.69, 9.17) is 14.2 Å². The first-order valence-electron chi connectivity index (χ1n) is 8.70. The van der Waals surface area contributed by atoms with Crippen LogP contribution in [-0.4, -0.2) is 36.3 Å². The first-order chi connectivity index (χ1) is 11.7. The minimum atomic E-state index is -0.249. The van der Waals surface area contributed by atoms with Gasteiger partial charge in [-0.2, -0.15) is 0 Å². The fourth-order valence-electron chi connectivity index (χ4n) is 5.04. The van der Waals surface area contributed by atoms with Crippen LogP contribution >= 0.6 is 0 Å². The van der Waals surface area contributed by atoms with E-state index in [9.17, 15) is 4.79 Å². The number of esters is 1. The number of rotatable bonds is 1. The van der Waals surface area contributed by atoms with Crippen LogP contribution in [0.5, 0.6) is 11.5 Å². The molecule has 3 atom stereocenters. The van der Waals surface area contributed by atoms with Crippen LogP contribution in [0.3, 0.4) is 0 Å². The van der Waals surface area contributed by atoms with Crippen LogP contribution in [0.1, 0.15) is 49.3 Å². The van der Waals surface area contributed by atoms with Gasteiger partial charge < -0.3 is 14.2 Å². The zero-order valence-electron chi connectivity index (χ0n) is 13.8. The highest BCUT2D eigenvalue weighted by Crippen LogP contribution is 2.54. The number of carbonyl (C=O) groups excluding carboxylic acids is 1. The van der Waals surface area contributed by atoms with E-state index >= 15 is 0 Å². The number of carbonyl (C=O) groups is 1. The maximum Gasteiger partial charge on any atom is 0.303 e. The van der Waals surface area contributed by atoms with E-state index in [1.54, 1.807) is 0 Å². The van der Waals surface area contributed by atoms with Crippen LogP contribution in [0.15, 0.2) is 24.3 Å². The fraction of sp³-hybridized carbons (Fsp3) is 0.526. The van der Waals surface area contributed by atoms with Crippen molar-refractivity contribution in [1.82, 2.24) is 4.90 Å². The summed E-state index contributed by atoms with van der Waals surface area (Å²) in [4.78, 5) is 14.2. The lowest BCUT2D eigenvalue weighted by Gasteiger charge is -2.39. The summed E-state index contributed by atoms with van der Waals surface area (Å²) >= 11 is 0. The normalized spacial score (nSPS) is 32.9. The minimum absolute atomic E-state index is 0.136. The van der Waals surface area contributed by atoms with E-state index in [1.165, 1.54) is 25.3 Å². The lowest BCUT2D eigenvalue weighted by molar-refractivity contribution is -0.148. The Bertz CT molecular complexity index is 743. The molecule has 24 heavy (non-hydrogen) atoms. The molecular formula is C19H21NO4. The first kappa shape index (κ1) is 14.3. The van der Waals surface area contributed by atoms with Crippen molar-refractivity contribution in [3.8, 4) is 11.5 Å². The summed E-state index contributed by atoms with van der Waals surface area (Å²) in [6, 6.07) is 4.13. The maximum absolute atomic E-state index is 11.7. The summed E-state index contributed by atoms with van der Waals surface area (Å²) in [5, 5.41) is 0. The molecule has 4 aliphatic rings. The molecule has 1 saturated heterocycles. The molecule has 0 unspecified atom stereocenters. The van der Waals surface area contributed by atoms with Crippen LogP contribution in [-0.2, 0) is 9.53 Å². The van der Waals surface area contributed by atoms with Crippen molar-refractivity contribution in [3.63, 3.8) is 0 Å². The summed E-state index contributed by atoms with van der Waals surface area (Å²) in [5.41, 5.74) is 2.43. The molecule has 0 radical (unpaired) electrons. The van der Waals surface area contributed by atoms with Gasteiger partial charge in [0, 0.05) is 30.5 Å². The van der Waals surface area contributed by atoms with Gasteiger partial charge in [-0.15, -0.1) is 0 Å². The third-order valence-electron chi connectivity index (χ3n) is 6.00. The topological polar surface area (TPSA) is 48.0 Å². The molecule has 3 heterocycles. The van der Waals surface area contributed by atoms with Crippen molar-refractivity contribution in [2.24, 2.45) is 0 Å². The van der Waals surface area contributed by atoms with Gasteiger partial charge in [0.2, 0.25) is 6.79 Å². The highest BCUT2D eigenvalue weighted by molar-refractivity contribution is 5.67. The molecule has 0 amide bonds. The molecule has 1 aliphatic carbocycles. The second kappa shape index (κ2) is 4.99. The average Bonchev–Trinajstić information content (AvgIpc) is 3.25. The van der Waals surface area contributed by atoms with Crippen LogP contribution in [0, 0.1) is 0 Å². The second-order valence-electron chi connectivity index (χ2n) is 7.20. The summed E-state index contributed by atoms with van der Waals surface area (Å²) < 4.78 is 16.9. The Morgan fingerprint density at radius 2 is 2.08 bits per heavy atom. The Balaban J connectivity index is 1.69. The highest BCUT2D eigenvalue weighted by Gasteiger charge is 2.52. The van der Waals surface area contributed by atoms with Crippen molar-refractivity contribution in [3.05, 3.63) is 35.4 Å². The molecule has 0 N–H and O–H groups in total. The van der Waals surface area contributed by atoms with Gasteiger partial charge in [-0.25, -0.2) is 0 Å². The molecule has 0 bridgehead atoms. The van der Waals surface area contributed by atoms with Crippen LogP contribution < -0.4 is 9.47 Å². The van der Waals surface area contributed by atoms with E-state index in [-0.39, 0.29) is 24.4 Å². The minimum Gasteiger partial charge on any atom is -0.456 e. The first-order valence-corrected chi connectivity index (χ1v) is 8.70. The Kier molecular flexibility index (Phi) is 2.98. The summed E-state index contributed by atoms with van der Waals surface area (Å²) in [5.74, 6) is 1.64. The van der Waals surface area contributed by atoms with Crippen molar-refractivity contribution in [2.75, 3.05) is 19.9 Å². The number of fused-ring (bicyclic) bond motifs is 3. The largest absolute Gasteiger partial charge is 0.456 e. The third kappa shape index (κ3) is 1.88. The lowest BCUT2D eigenvalue weighted by atomic mass is 9.78. The number of nitrogens with zero attached hydrogens (tertiary/aromatic N) is 1. The highest BCUT2D eigenvalue weighted by atomic mass is 16.7. The van der Waals surface area contributed by atoms with E-state index in [0.717, 1.165) is 36.6 Å². The predicted octanol–water partition coefficient (Wildman–Crippen LogP) is 2.91. The Labute approximate surface area is 141 Å². The van der Waals surface area contributed by atoms with Crippen molar-refractivity contribution in [2.45, 2.75) is 43.7 Å².